The Morgan fingerprint density at radius 3 is 1.95 bits per heavy atom. The van der Waals surface area contributed by atoms with E-state index in [1.165, 1.54) is 6.92 Å². The van der Waals surface area contributed by atoms with Crippen LogP contribution in [0.15, 0.2) is 0 Å². The van der Waals surface area contributed by atoms with E-state index >= 15 is 0 Å². The second-order valence-corrected chi connectivity index (χ2v) is 11.7. The van der Waals surface area contributed by atoms with Gasteiger partial charge in [-0.25, -0.2) is 0 Å². The number of carboxylic acid groups (broad SMARTS) is 1. The Morgan fingerprint density at radius 1 is 0.919 bits per heavy atom. The van der Waals surface area contributed by atoms with Crippen LogP contribution in [-0.2, 0) is 24.0 Å². The molecule has 0 aromatic heterocycles. The summed E-state index contributed by atoms with van der Waals surface area (Å²) in [6, 6.07) is -1.79. The number of nitrogens with one attached hydrogen (secondary N) is 1. The molecule has 0 bridgehead atoms. The van der Waals surface area contributed by atoms with Gasteiger partial charge in [-0.1, -0.05) is 41.5 Å². The Kier molecular flexibility index (Phi) is 13.5. The number of carboxylic acids is 1. The lowest BCUT2D eigenvalue weighted by atomic mass is 9.87. The molecular formula is C28H48N2O7. The SMILES string of the molecule is CC(C)CC(CC(C)C)C(=O)N1CCC[C@H]1C(=O)C[C@@H](CCC(=O)O)C(=O)N[C@H](C(=O)C(C)C)C(C)O. The van der Waals surface area contributed by atoms with E-state index in [0.29, 0.717) is 31.2 Å². The van der Waals surface area contributed by atoms with E-state index in [2.05, 4.69) is 33.0 Å². The highest BCUT2D eigenvalue weighted by molar-refractivity contribution is 5.95. The summed E-state index contributed by atoms with van der Waals surface area (Å²) in [6.07, 6.45) is 0.907. The maximum Gasteiger partial charge on any atom is 0.303 e. The van der Waals surface area contributed by atoms with E-state index < -0.39 is 41.9 Å². The summed E-state index contributed by atoms with van der Waals surface area (Å²) in [6.45, 7) is 13.5. The maximum absolute atomic E-state index is 13.5. The van der Waals surface area contributed by atoms with Gasteiger partial charge in [0.25, 0.3) is 0 Å². The second kappa shape index (κ2) is 15.2. The molecule has 0 radical (unpaired) electrons. The first-order valence-corrected chi connectivity index (χ1v) is 13.7. The van der Waals surface area contributed by atoms with E-state index in [4.69, 9.17) is 0 Å². The number of hydrogen-bond acceptors (Lipinski definition) is 6. The molecular weight excluding hydrogens is 476 g/mol. The highest BCUT2D eigenvalue weighted by Crippen LogP contribution is 2.29. The zero-order valence-corrected chi connectivity index (χ0v) is 23.7. The largest absolute Gasteiger partial charge is 0.481 e. The average Bonchev–Trinajstić information content (AvgIpc) is 3.27. The van der Waals surface area contributed by atoms with E-state index in [1.807, 2.05) is 0 Å². The minimum atomic E-state index is -1.15. The number of aliphatic hydroxyl groups is 1. The van der Waals surface area contributed by atoms with Crippen molar-refractivity contribution >= 4 is 29.4 Å². The van der Waals surface area contributed by atoms with Crippen LogP contribution in [0.5, 0.6) is 0 Å². The Morgan fingerprint density at radius 2 is 1.49 bits per heavy atom. The number of carbonyl (C=O) groups excluding carboxylic acids is 4. The van der Waals surface area contributed by atoms with Crippen LogP contribution in [0.25, 0.3) is 0 Å². The first kappa shape index (κ1) is 32.7. The fourth-order valence-corrected chi connectivity index (χ4v) is 5.10. The van der Waals surface area contributed by atoms with Crippen LogP contribution in [0.4, 0.5) is 0 Å². The third-order valence-corrected chi connectivity index (χ3v) is 6.95. The highest BCUT2D eigenvalue weighted by Gasteiger charge is 2.39. The number of Topliss-reactive ketones (excluding diaryl/α,β-unsaturated/α-hetero) is 2. The standard InChI is InChI=1S/C28H48N2O7/c1-16(2)13-21(14-17(3)4)28(37)30-12-8-9-22(30)23(32)15-20(10-11-24(33)34)27(36)29-25(19(7)31)26(35)18(5)6/h16-22,25,31H,8-15H2,1-7H3,(H,29,36)(H,33,34)/t19?,20-,22+,25+/m1/s1. The molecule has 1 unspecified atom stereocenters. The molecule has 0 aromatic rings. The van der Waals surface area contributed by atoms with Crippen molar-refractivity contribution in [1.82, 2.24) is 10.2 Å². The summed E-state index contributed by atoms with van der Waals surface area (Å²) in [5, 5.41) is 21.8. The van der Waals surface area contributed by atoms with Crippen LogP contribution in [0.2, 0.25) is 0 Å². The minimum absolute atomic E-state index is 0.0264. The number of aliphatic carboxylic acids is 1. The van der Waals surface area contributed by atoms with E-state index in [1.54, 1.807) is 18.7 Å². The number of ketones is 2. The van der Waals surface area contributed by atoms with Gasteiger partial charge in [-0.2, -0.15) is 0 Å². The highest BCUT2D eigenvalue weighted by atomic mass is 16.4. The average molecular weight is 525 g/mol. The van der Waals surface area contributed by atoms with Gasteiger partial charge in [-0.15, -0.1) is 0 Å². The fourth-order valence-electron chi connectivity index (χ4n) is 5.10. The number of amides is 2. The summed E-state index contributed by atoms with van der Waals surface area (Å²) in [7, 11) is 0. The lowest BCUT2D eigenvalue weighted by Crippen LogP contribution is -2.51. The number of hydrogen-bond donors (Lipinski definition) is 3. The normalized spacial score (nSPS) is 18.4. The van der Waals surface area contributed by atoms with Crippen LogP contribution in [0.3, 0.4) is 0 Å². The summed E-state index contributed by atoms with van der Waals surface area (Å²) >= 11 is 0. The van der Waals surface area contributed by atoms with Crippen molar-refractivity contribution in [2.45, 2.75) is 112 Å². The molecule has 1 saturated heterocycles. The maximum atomic E-state index is 13.5. The number of aliphatic hydroxyl groups excluding tert-OH is 1. The predicted octanol–water partition coefficient (Wildman–Crippen LogP) is 3.22. The third-order valence-electron chi connectivity index (χ3n) is 6.95. The molecule has 0 aliphatic carbocycles. The molecule has 2 amide bonds. The molecule has 1 heterocycles. The molecule has 4 atom stereocenters. The number of carbonyl (C=O) groups is 5. The molecule has 0 spiro atoms. The molecule has 1 rings (SSSR count). The fraction of sp³-hybridized carbons (Fsp3) is 0.821. The van der Waals surface area contributed by atoms with Gasteiger partial charge in [0.1, 0.15) is 6.04 Å². The van der Waals surface area contributed by atoms with Gasteiger partial charge in [0.2, 0.25) is 11.8 Å². The van der Waals surface area contributed by atoms with Crippen molar-refractivity contribution in [1.29, 1.82) is 0 Å². The smallest absolute Gasteiger partial charge is 0.303 e. The van der Waals surface area contributed by atoms with Gasteiger partial charge in [-0.05, 0) is 50.9 Å². The van der Waals surface area contributed by atoms with Crippen molar-refractivity contribution in [3.05, 3.63) is 0 Å². The summed E-state index contributed by atoms with van der Waals surface area (Å²) in [5.74, 6) is -3.29. The van der Waals surface area contributed by atoms with Crippen molar-refractivity contribution in [2.75, 3.05) is 6.54 Å². The van der Waals surface area contributed by atoms with Crippen molar-refractivity contribution in [3.8, 4) is 0 Å². The third kappa shape index (κ3) is 10.5. The van der Waals surface area contributed by atoms with E-state index in [9.17, 15) is 34.2 Å². The Bertz CT molecular complexity index is 796. The number of nitrogens with zero attached hydrogens (tertiary/aromatic N) is 1. The Hall–Kier alpha value is -2.29. The Labute approximate surface area is 221 Å². The minimum Gasteiger partial charge on any atom is -0.481 e. The van der Waals surface area contributed by atoms with Gasteiger partial charge < -0.3 is 20.4 Å². The van der Waals surface area contributed by atoms with Crippen LogP contribution in [-0.4, -0.2) is 69.2 Å². The van der Waals surface area contributed by atoms with Gasteiger partial charge in [0, 0.05) is 37.1 Å². The first-order chi connectivity index (χ1) is 17.1. The molecule has 37 heavy (non-hydrogen) atoms. The quantitative estimate of drug-likeness (QED) is 0.281. The van der Waals surface area contributed by atoms with Gasteiger partial charge >= 0.3 is 5.97 Å². The predicted molar refractivity (Wildman–Crippen MR) is 141 cm³/mol. The lowest BCUT2D eigenvalue weighted by Gasteiger charge is -2.30. The van der Waals surface area contributed by atoms with Crippen LogP contribution < -0.4 is 5.32 Å². The second-order valence-electron chi connectivity index (χ2n) is 11.7. The summed E-state index contributed by atoms with van der Waals surface area (Å²) < 4.78 is 0. The van der Waals surface area contributed by atoms with Crippen molar-refractivity contribution in [2.24, 2.45) is 29.6 Å². The Balaban J connectivity index is 3.08. The number of rotatable bonds is 16. The topological polar surface area (TPSA) is 141 Å². The monoisotopic (exact) mass is 524 g/mol. The van der Waals surface area contributed by atoms with Crippen LogP contribution in [0, 0.1) is 29.6 Å². The molecule has 9 heteroatoms. The van der Waals surface area contributed by atoms with Gasteiger partial charge in [0.05, 0.1) is 12.1 Å². The van der Waals surface area contributed by atoms with Crippen molar-refractivity contribution in [3.63, 3.8) is 0 Å². The molecule has 0 saturated carbocycles. The zero-order valence-electron chi connectivity index (χ0n) is 23.7. The molecule has 1 aliphatic heterocycles. The molecule has 212 valence electrons. The summed E-state index contributed by atoms with van der Waals surface area (Å²) in [4.78, 5) is 65.4. The van der Waals surface area contributed by atoms with Crippen molar-refractivity contribution < 1.29 is 34.2 Å². The van der Waals surface area contributed by atoms with E-state index in [-0.39, 0.29) is 42.7 Å². The van der Waals surface area contributed by atoms with Gasteiger partial charge in [-0.3, -0.25) is 24.0 Å². The first-order valence-electron chi connectivity index (χ1n) is 13.7. The molecule has 3 N–H and O–H groups in total. The molecule has 9 nitrogen and oxygen atoms in total. The van der Waals surface area contributed by atoms with Gasteiger partial charge in [0.15, 0.2) is 11.6 Å². The molecule has 1 fully saturated rings. The number of likely N-dealkylation sites (tertiary alicyclic amines) is 1. The summed E-state index contributed by atoms with van der Waals surface area (Å²) in [5.41, 5.74) is 0. The van der Waals surface area contributed by atoms with Crippen LogP contribution >= 0.6 is 0 Å². The zero-order chi connectivity index (χ0) is 28.4. The molecule has 1 aliphatic rings. The van der Waals surface area contributed by atoms with E-state index in [0.717, 1.165) is 12.8 Å². The lowest BCUT2D eigenvalue weighted by molar-refractivity contribution is -0.143. The molecule has 0 aromatic carbocycles. The van der Waals surface area contributed by atoms with Crippen LogP contribution in [0.1, 0.15) is 93.4 Å².